The number of benzene rings is 1. The molecule has 0 atom stereocenters. The molecule has 0 amide bonds. The van der Waals surface area contributed by atoms with E-state index in [2.05, 4.69) is 15.2 Å². The van der Waals surface area contributed by atoms with Crippen molar-refractivity contribution in [2.45, 2.75) is 45.8 Å². The average molecular weight is 442 g/mol. The van der Waals surface area contributed by atoms with Gasteiger partial charge in [0, 0.05) is 24.7 Å². The Bertz CT molecular complexity index is 1040. The first kappa shape index (κ1) is 22.1. The van der Waals surface area contributed by atoms with Crippen LogP contribution in [0.15, 0.2) is 18.2 Å². The lowest BCUT2D eigenvalue weighted by Crippen LogP contribution is -2.15. The zero-order valence-corrected chi connectivity index (χ0v) is 18.0. The van der Waals surface area contributed by atoms with Crippen LogP contribution in [-0.2, 0) is 26.4 Å². The number of nitrogens with zero attached hydrogens (tertiary/aromatic N) is 5. The van der Waals surface area contributed by atoms with Gasteiger partial charge in [-0.3, -0.25) is 4.68 Å². The van der Waals surface area contributed by atoms with Gasteiger partial charge in [0.1, 0.15) is 11.6 Å². The summed E-state index contributed by atoms with van der Waals surface area (Å²) >= 11 is 6.18. The van der Waals surface area contributed by atoms with Crippen LogP contribution in [0.25, 0.3) is 11.4 Å². The normalized spacial score (nSPS) is 11.9. The maximum absolute atomic E-state index is 12.8. The van der Waals surface area contributed by atoms with Gasteiger partial charge < -0.3 is 4.74 Å². The van der Waals surface area contributed by atoms with E-state index in [0.717, 1.165) is 17.0 Å². The van der Waals surface area contributed by atoms with Gasteiger partial charge in [-0.2, -0.15) is 23.4 Å². The van der Waals surface area contributed by atoms with E-state index >= 15 is 0 Å². The van der Waals surface area contributed by atoms with Crippen LogP contribution in [0.4, 0.5) is 13.2 Å². The van der Waals surface area contributed by atoms with Crippen molar-refractivity contribution in [3.05, 3.63) is 46.0 Å². The molecule has 2 heterocycles. The number of ether oxygens (including phenoxy) is 1. The average Bonchev–Trinajstić information content (AvgIpc) is 3.18. The molecule has 0 fully saturated rings. The van der Waals surface area contributed by atoms with E-state index in [1.54, 1.807) is 22.9 Å². The fraction of sp³-hybridized carbons (Fsp3) is 0.450. The Labute approximate surface area is 177 Å². The largest absolute Gasteiger partial charge is 0.495 e. The van der Waals surface area contributed by atoms with Gasteiger partial charge in [-0.15, -0.1) is 0 Å². The van der Waals surface area contributed by atoms with Crippen molar-refractivity contribution in [1.29, 1.82) is 0 Å². The molecule has 6 nitrogen and oxygen atoms in total. The summed E-state index contributed by atoms with van der Waals surface area (Å²) in [5.41, 5.74) is 3.60. The second kappa shape index (κ2) is 8.67. The van der Waals surface area contributed by atoms with Crippen LogP contribution in [0.3, 0.4) is 0 Å². The summed E-state index contributed by atoms with van der Waals surface area (Å²) in [6.45, 7) is 3.59. The number of methoxy groups -OCH3 is 1. The third-order valence-corrected chi connectivity index (χ3v) is 5.32. The molecule has 0 N–H and O–H groups in total. The predicted molar refractivity (Wildman–Crippen MR) is 108 cm³/mol. The number of aryl methyl sites for hydroxylation is 4. The van der Waals surface area contributed by atoms with Crippen molar-refractivity contribution in [1.82, 2.24) is 24.5 Å². The summed E-state index contributed by atoms with van der Waals surface area (Å²) in [5, 5.41) is 9.10. The fourth-order valence-corrected chi connectivity index (χ4v) is 3.57. The molecule has 0 radical (unpaired) electrons. The highest BCUT2D eigenvalue weighted by molar-refractivity contribution is 6.32. The van der Waals surface area contributed by atoms with Crippen molar-refractivity contribution in [2.24, 2.45) is 7.05 Å². The molecule has 0 saturated heterocycles. The smallest absolute Gasteiger partial charge is 0.390 e. The third-order valence-electron chi connectivity index (χ3n) is 5.02. The molecule has 0 aliphatic rings. The Hall–Kier alpha value is -2.55. The van der Waals surface area contributed by atoms with Crippen molar-refractivity contribution in [3.8, 4) is 17.1 Å². The summed E-state index contributed by atoms with van der Waals surface area (Å²) < 4.78 is 46.7. The van der Waals surface area contributed by atoms with Crippen LogP contribution >= 0.6 is 11.6 Å². The zero-order valence-electron chi connectivity index (χ0n) is 17.2. The third kappa shape index (κ3) is 4.95. The van der Waals surface area contributed by atoms with Gasteiger partial charge in [0.2, 0.25) is 0 Å². The lowest BCUT2D eigenvalue weighted by Gasteiger charge is -2.08. The molecular weight excluding hydrogens is 419 g/mol. The van der Waals surface area contributed by atoms with Gasteiger partial charge in [-0.25, -0.2) is 9.67 Å². The SMILES string of the molecule is COc1ccc(-c2nc(CCc3c(C)nn(C)c3C)n(CCC(F)(F)F)n2)cc1Cl. The van der Waals surface area contributed by atoms with E-state index in [-0.39, 0.29) is 6.54 Å². The molecule has 3 rings (SSSR count). The minimum Gasteiger partial charge on any atom is -0.495 e. The highest BCUT2D eigenvalue weighted by Crippen LogP contribution is 2.29. The molecule has 30 heavy (non-hydrogen) atoms. The lowest BCUT2D eigenvalue weighted by atomic mass is 10.1. The molecule has 0 bridgehead atoms. The molecule has 1 aromatic carbocycles. The first-order valence-corrected chi connectivity index (χ1v) is 9.80. The second-order valence-electron chi connectivity index (χ2n) is 7.06. The second-order valence-corrected chi connectivity index (χ2v) is 7.47. The summed E-state index contributed by atoms with van der Waals surface area (Å²) in [6, 6.07) is 5.05. The molecule has 0 aliphatic heterocycles. The standard InChI is InChI=1S/C20H23ClF3N5O/c1-12-15(13(2)28(3)26-12)6-8-18-25-19(27-29(18)10-9-20(22,23)24)14-5-7-17(30-4)16(21)11-14/h5,7,11H,6,8-10H2,1-4H3. The fourth-order valence-electron chi connectivity index (χ4n) is 3.31. The summed E-state index contributed by atoms with van der Waals surface area (Å²) in [6.07, 6.45) is -4.19. The Balaban J connectivity index is 1.90. The molecule has 10 heteroatoms. The van der Waals surface area contributed by atoms with Crippen molar-refractivity contribution in [2.75, 3.05) is 7.11 Å². The molecule has 0 unspecified atom stereocenters. The van der Waals surface area contributed by atoms with Crippen LogP contribution in [-0.4, -0.2) is 37.8 Å². The Morgan fingerprint density at radius 3 is 2.43 bits per heavy atom. The topological polar surface area (TPSA) is 57.8 Å². The Kier molecular flexibility index (Phi) is 6.40. The van der Waals surface area contributed by atoms with Gasteiger partial charge in [0.15, 0.2) is 5.82 Å². The minimum absolute atomic E-state index is 0.291. The lowest BCUT2D eigenvalue weighted by molar-refractivity contribution is -0.137. The van der Waals surface area contributed by atoms with E-state index in [1.165, 1.54) is 11.8 Å². The van der Waals surface area contributed by atoms with Crippen LogP contribution in [0.1, 0.15) is 29.2 Å². The van der Waals surface area contributed by atoms with Gasteiger partial charge in [-0.05, 0) is 44.0 Å². The Morgan fingerprint density at radius 1 is 1.13 bits per heavy atom. The van der Waals surface area contributed by atoms with Crippen LogP contribution in [0.5, 0.6) is 5.75 Å². The molecular formula is C20H23ClF3N5O. The number of rotatable bonds is 7. The van der Waals surface area contributed by atoms with Gasteiger partial charge in [0.05, 0.1) is 30.8 Å². The molecule has 0 spiro atoms. The monoisotopic (exact) mass is 441 g/mol. The van der Waals surface area contributed by atoms with Crippen LogP contribution in [0.2, 0.25) is 5.02 Å². The highest BCUT2D eigenvalue weighted by atomic mass is 35.5. The molecule has 2 aromatic heterocycles. The number of aromatic nitrogens is 5. The van der Waals surface area contributed by atoms with Crippen LogP contribution < -0.4 is 4.74 Å². The number of hydrogen-bond acceptors (Lipinski definition) is 4. The van der Waals surface area contributed by atoms with Crippen molar-refractivity contribution in [3.63, 3.8) is 0 Å². The first-order valence-electron chi connectivity index (χ1n) is 9.42. The van der Waals surface area contributed by atoms with Crippen molar-refractivity contribution >= 4 is 11.6 Å². The number of alkyl halides is 3. The predicted octanol–water partition coefficient (Wildman–Crippen LogP) is 4.70. The van der Waals surface area contributed by atoms with Crippen LogP contribution in [0, 0.1) is 13.8 Å². The molecule has 0 saturated carbocycles. The number of hydrogen-bond donors (Lipinski definition) is 0. The summed E-state index contributed by atoms with van der Waals surface area (Å²) in [7, 11) is 3.37. The van der Waals surface area contributed by atoms with Gasteiger partial charge in [-0.1, -0.05) is 11.6 Å². The number of halogens is 4. The molecule has 162 valence electrons. The van der Waals surface area contributed by atoms with E-state index in [9.17, 15) is 13.2 Å². The van der Waals surface area contributed by atoms with E-state index in [4.69, 9.17) is 16.3 Å². The maximum Gasteiger partial charge on any atom is 0.390 e. The van der Waals surface area contributed by atoms with Gasteiger partial charge >= 0.3 is 6.18 Å². The zero-order chi connectivity index (χ0) is 22.1. The molecule has 3 aromatic rings. The quantitative estimate of drug-likeness (QED) is 0.533. The summed E-state index contributed by atoms with van der Waals surface area (Å²) in [4.78, 5) is 4.52. The van der Waals surface area contributed by atoms with Crippen molar-refractivity contribution < 1.29 is 17.9 Å². The minimum atomic E-state index is -4.27. The van der Waals surface area contributed by atoms with Gasteiger partial charge in [0.25, 0.3) is 0 Å². The maximum atomic E-state index is 12.8. The van der Waals surface area contributed by atoms with E-state index in [1.807, 2.05) is 20.9 Å². The highest BCUT2D eigenvalue weighted by Gasteiger charge is 2.28. The first-order chi connectivity index (χ1) is 14.1. The van der Waals surface area contributed by atoms with E-state index in [0.29, 0.717) is 40.8 Å². The molecule has 0 aliphatic carbocycles. The van der Waals surface area contributed by atoms with E-state index < -0.39 is 12.6 Å². The summed E-state index contributed by atoms with van der Waals surface area (Å²) in [5.74, 6) is 1.32. The Morgan fingerprint density at radius 2 is 1.87 bits per heavy atom.